The molecule has 2 atom stereocenters. The summed E-state index contributed by atoms with van der Waals surface area (Å²) < 4.78 is 14.1. The zero-order chi connectivity index (χ0) is 22.4. The fourth-order valence-corrected chi connectivity index (χ4v) is 5.01. The third-order valence-electron chi connectivity index (χ3n) is 6.15. The van der Waals surface area contributed by atoms with Gasteiger partial charge in [-0.25, -0.2) is 4.68 Å². The Morgan fingerprint density at radius 3 is 2.67 bits per heavy atom. The van der Waals surface area contributed by atoms with Gasteiger partial charge in [0.05, 0.1) is 12.8 Å². The van der Waals surface area contributed by atoms with Gasteiger partial charge in [0.2, 0.25) is 5.95 Å². The first-order chi connectivity index (χ1) is 16.3. The zero-order valence-electron chi connectivity index (χ0n) is 18.2. The van der Waals surface area contributed by atoms with E-state index >= 15 is 0 Å². The number of hydrogen-bond acceptors (Lipinski definition) is 6. The fraction of sp³-hybridized carbons (Fsp3) is 0.154. The summed E-state index contributed by atoms with van der Waals surface area (Å²) in [7, 11) is 1.68. The van der Waals surface area contributed by atoms with Gasteiger partial charge in [-0.05, 0) is 53.8 Å². The van der Waals surface area contributed by atoms with E-state index < -0.39 is 0 Å². The predicted molar refractivity (Wildman–Crippen MR) is 130 cm³/mol. The van der Waals surface area contributed by atoms with Gasteiger partial charge in [0, 0.05) is 16.0 Å². The van der Waals surface area contributed by atoms with Gasteiger partial charge in [-0.2, -0.15) is 10.1 Å². The lowest BCUT2D eigenvalue weighted by molar-refractivity contribution is 0.223. The number of ether oxygens (including phenoxy) is 2. The zero-order valence-corrected chi connectivity index (χ0v) is 19.0. The Morgan fingerprint density at radius 2 is 1.85 bits per heavy atom. The highest BCUT2D eigenvalue weighted by Gasteiger charge is 2.40. The van der Waals surface area contributed by atoms with Gasteiger partial charge >= 0.3 is 0 Å². The summed E-state index contributed by atoms with van der Waals surface area (Å²) in [5, 5.41) is 8.12. The number of fused-ring (bicyclic) bond motifs is 3. The van der Waals surface area contributed by atoms with E-state index in [2.05, 4.69) is 64.1 Å². The number of rotatable bonds is 4. The van der Waals surface area contributed by atoms with Crippen molar-refractivity contribution in [2.45, 2.75) is 17.0 Å². The summed E-state index contributed by atoms with van der Waals surface area (Å²) in [5.41, 5.74) is 5.28. The first-order valence-electron chi connectivity index (χ1n) is 10.7. The molecular formula is C26H22N4O2S. The first kappa shape index (κ1) is 19.9. The van der Waals surface area contributed by atoms with E-state index in [0.29, 0.717) is 5.95 Å². The van der Waals surface area contributed by atoms with Crippen molar-refractivity contribution >= 4 is 23.4 Å². The molecular weight excluding hydrogens is 432 g/mol. The molecule has 3 heterocycles. The Kier molecular flexibility index (Phi) is 4.84. The summed E-state index contributed by atoms with van der Waals surface area (Å²) in [6, 6.07) is 24.6. The molecule has 0 aliphatic carbocycles. The molecule has 6 nitrogen and oxygen atoms in total. The molecule has 164 valence electrons. The molecule has 1 aromatic heterocycles. The van der Waals surface area contributed by atoms with Crippen LogP contribution in [0, 0.1) is 0 Å². The van der Waals surface area contributed by atoms with E-state index in [4.69, 9.17) is 9.47 Å². The van der Waals surface area contributed by atoms with Crippen molar-refractivity contribution in [2.75, 3.05) is 18.7 Å². The minimum atomic E-state index is -0.285. The van der Waals surface area contributed by atoms with Gasteiger partial charge in [-0.15, -0.1) is 11.8 Å². The van der Waals surface area contributed by atoms with Crippen molar-refractivity contribution in [1.82, 2.24) is 14.8 Å². The number of para-hydroxylation sites is 1. The van der Waals surface area contributed by atoms with Crippen LogP contribution in [-0.2, 0) is 0 Å². The lowest BCUT2D eigenvalue weighted by atomic mass is 9.84. The lowest BCUT2D eigenvalue weighted by Gasteiger charge is -2.39. The maximum atomic E-state index is 6.66. The molecule has 3 aromatic carbocycles. The minimum Gasteiger partial charge on any atom is -0.497 e. The van der Waals surface area contributed by atoms with Crippen molar-refractivity contribution in [1.29, 1.82) is 0 Å². The number of thioether (sulfide) groups is 1. The Hall–Kier alpha value is -3.71. The van der Waals surface area contributed by atoms with Crippen LogP contribution in [0.4, 0.5) is 5.95 Å². The van der Waals surface area contributed by atoms with E-state index in [1.54, 1.807) is 25.2 Å². The van der Waals surface area contributed by atoms with Crippen LogP contribution in [0.2, 0.25) is 0 Å². The molecule has 0 saturated carbocycles. The van der Waals surface area contributed by atoms with Crippen molar-refractivity contribution in [3.63, 3.8) is 0 Å². The molecule has 0 spiro atoms. The Morgan fingerprint density at radius 1 is 1.00 bits per heavy atom. The van der Waals surface area contributed by atoms with Crippen LogP contribution in [0.3, 0.4) is 0 Å². The van der Waals surface area contributed by atoms with Gasteiger partial charge in [0.25, 0.3) is 0 Å². The number of anilines is 1. The quantitative estimate of drug-likeness (QED) is 0.407. The lowest BCUT2D eigenvalue weighted by Crippen LogP contribution is -2.32. The number of nitrogens with one attached hydrogen (secondary N) is 1. The molecule has 2 aliphatic rings. The number of benzene rings is 3. The molecule has 7 heteroatoms. The topological polar surface area (TPSA) is 61.2 Å². The summed E-state index contributed by atoms with van der Waals surface area (Å²) in [5.74, 6) is 2.35. The van der Waals surface area contributed by atoms with Crippen LogP contribution >= 0.6 is 11.8 Å². The summed E-state index contributed by atoms with van der Waals surface area (Å²) >= 11 is 1.73. The maximum absolute atomic E-state index is 6.66. The van der Waals surface area contributed by atoms with Gasteiger partial charge in [-0.3, -0.25) is 0 Å². The monoisotopic (exact) mass is 454 g/mol. The smallest absolute Gasteiger partial charge is 0.226 e. The average molecular weight is 455 g/mol. The second-order valence-electron chi connectivity index (χ2n) is 7.93. The van der Waals surface area contributed by atoms with E-state index in [1.165, 1.54) is 4.90 Å². The largest absolute Gasteiger partial charge is 0.497 e. The molecule has 1 N–H and O–H groups in total. The van der Waals surface area contributed by atoms with Crippen LogP contribution in [0.15, 0.2) is 89.6 Å². The molecule has 0 amide bonds. The summed E-state index contributed by atoms with van der Waals surface area (Å²) in [4.78, 5) is 5.71. The fourth-order valence-electron chi connectivity index (χ4n) is 4.60. The van der Waals surface area contributed by atoms with Gasteiger partial charge in [0.15, 0.2) is 0 Å². The Balaban J connectivity index is 1.60. The van der Waals surface area contributed by atoms with E-state index in [-0.39, 0.29) is 12.1 Å². The molecule has 0 bridgehead atoms. The summed E-state index contributed by atoms with van der Waals surface area (Å²) in [6.45, 7) is 0. The van der Waals surface area contributed by atoms with Crippen molar-refractivity contribution in [2.24, 2.45) is 0 Å². The third-order valence-corrected chi connectivity index (χ3v) is 6.89. The Labute approximate surface area is 196 Å². The SMILES string of the molecule is COc1cccc([C@H]2C3=C(Nc4ncnn42)c2ccccc2O[C@H]3c2ccc(SC)cc2)c1. The molecule has 33 heavy (non-hydrogen) atoms. The third kappa shape index (κ3) is 3.27. The Bertz CT molecular complexity index is 1360. The van der Waals surface area contributed by atoms with E-state index in [0.717, 1.165) is 39.5 Å². The second-order valence-corrected chi connectivity index (χ2v) is 8.81. The van der Waals surface area contributed by atoms with Gasteiger partial charge in [-0.1, -0.05) is 36.4 Å². The minimum absolute atomic E-state index is 0.201. The standard InChI is InChI=1S/C26H22N4O2S/c1-31-18-7-5-6-17(14-18)24-22-23(29-26-27-15-28-30(24)26)20-8-3-4-9-21(20)32-25(22)16-10-12-19(33-2)13-11-16/h3-15,24-25H,1-2H3,(H,27,28,29)/t24-,25-/m0/s1. The summed E-state index contributed by atoms with van der Waals surface area (Å²) in [6.07, 6.45) is 3.38. The highest BCUT2D eigenvalue weighted by atomic mass is 32.2. The van der Waals surface area contributed by atoms with Crippen molar-refractivity contribution in [3.05, 3.63) is 101 Å². The molecule has 0 saturated heterocycles. The molecule has 6 rings (SSSR count). The van der Waals surface area contributed by atoms with Crippen LogP contribution in [0.25, 0.3) is 5.70 Å². The van der Waals surface area contributed by atoms with Crippen molar-refractivity contribution < 1.29 is 9.47 Å². The highest BCUT2D eigenvalue weighted by molar-refractivity contribution is 7.98. The number of aromatic nitrogens is 3. The molecule has 2 aliphatic heterocycles. The van der Waals surface area contributed by atoms with Crippen LogP contribution in [-0.4, -0.2) is 28.1 Å². The highest BCUT2D eigenvalue weighted by Crippen LogP contribution is 2.50. The molecule has 0 unspecified atom stereocenters. The van der Waals surface area contributed by atoms with E-state index in [1.807, 2.05) is 35.0 Å². The second kappa shape index (κ2) is 8.01. The van der Waals surface area contributed by atoms with Crippen LogP contribution in [0.1, 0.15) is 28.8 Å². The molecule has 4 aromatic rings. The normalized spacial score (nSPS) is 18.5. The van der Waals surface area contributed by atoms with E-state index in [9.17, 15) is 0 Å². The average Bonchev–Trinajstić information content (AvgIpc) is 3.35. The molecule has 0 radical (unpaired) electrons. The van der Waals surface area contributed by atoms with Crippen LogP contribution < -0.4 is 14.8 Å². The number of methoxy groups -OCH3 is 1. The predicted octanol–water partition coefficient (Wildman–Crippen LogP) is 5.57. The van der Waals surface area contributed by atoms with Gasteiger partial charge in [0.1, 0.15) is 30.0 Å². The first-order valence-corrected chi connectivity index (χ1v) is 11.9. The molecule has 0 fully saturated rings. The van der Waals surface area contributed by atoms with Gasteiger partial charge < -0.3 is 14.8 Å². The van der Waals surface area contributed by atoms with Crippen LogP contribution in [0.5, 0.6) is 11.5 Å². The number of nitrogens with zero attached hydrogens (tertiary/aromatic N) is 3. The number of hydrogen-bond donors (Lipinski definition) is 1. The van der Waals surface area contributed by atoms with Crippen molar-refractivity contribution in [3.8, 4) is 11.5 Å². The maximum Gasteiger partial charge on any atom is 0.226 e.